The van der Waals surface area contributed by atoms with Gasteiger partial charge in [0.25, 0.3) is 5.91 Å². The topological polar surface area (TPSA) is 20.3 Å². The summed E-state index contributed by atoms with van der Waals surface area (Å²) in [4.78, 5) is 14.5. The fourth-order valence-electron chi connectivity index (χ4n) is 2.09. The van der Waals surface area contributed by atoms with E-state index in [1.165, 1.54) is 28.8 Å². The summed E-state index contributed by atoms with van der Waals surface area (Å²) in [6.07, 6.45) is 1.82. The van der Waals surface area contributed by atoms with Crippen LogP contribution in [0.3, 0.4) is 0 Å². The summed E-state index contributed by atoms with van der Waals surface area (Å²) in [5.74, 6) is -0.522. The van der Waals surface area contributed by atoms with Crippen molar-refractivity contribution < 1.29 is 9.18 Å². The molecule has 22 heavy (non-hydrogen) atoms. The molecule has 3 rings (SSSR count). The summed E-state index contributed by atoms with van der Waals surface area (Å²) >= 11 is 6.53. The standard InChI is InChI=1S/C17H12FNOS2/c1-11-2-4-12(5-3-11)10-15-16(20)19(17(21)22-15)14-8-6-13(18)7-9-14/h2-10H,1H3. The summed E-state index contributed by atoms with van der Waals surface area (Å²) in [5.41, 5.74) is 2.69. The Morgan fingerprint density at radius 1 is 1.09 bits per heavy atom. The van der Waals surface area contributed by atoms with Crippen LogP contribution in [0.15, 0.2) is 53.4 Å². The van der Waals surface area contributed by atoms with Gasteiger partial charge in [-0.15, -0.1) is 0 Å². The van der Waals surface area contributed by atoms with Gasteiger partial charge in [-0.25, -0.2) is 4.39 Å². The number of halogens is 1. The number of anilines is 1. The molecule has 0 radical (unpaired) electrons. The number of thioether (sulfide) groups is 1. The molecule has 110 valence electrons. The Morgan fingerprint density at radius 2 is 1.73 bits per heavy atom. The van der Waals surface area contributed by atoms with Gasteiger partial charge < -0.3 is 0 Å². The van der Waals surface area contributed by atoms with Crippen molar-refractivity contribution in [3.8, 4) is 0 Å². The molecule has 0 aromatic heterocycles. The first kappa shape index (κ1) is 14.9. The van der Waals surface area contributed by atoms with Crippen LogP contribution < -0.4 is 4.90 Å². The first-order chi connectivity index (χ1) is 10.5. The van der Waals surface area contributed by atoms with Crippen LogP contribution in [-0.4, -0.2) is 10.2 Å². The molecule has 1 heterocycles. The predicted molar refractivity (Wildman–Crippen MR) is 93.2 cm³/mol. The first-order valence-corrected chi connectivity index (χ1v) is 7.87. The number of nitrogens with zero attached hydrogens (tertiary/aromatic N) is 1. The maximum Gasteiger partial charge on any atom is 0.270 e. The molecule has 1 fully saturated rings. The lowest BCUT2D eigenvalue weighted by Gasteiger charge is -2.14. The van der Waals surface area contributed by atoms with Gasteiger partial charge in [0.1, 0.15) is 5.82 Å². The number of rotatable bonds is 2. The molecule has 5 heteroatoms. The van der Waals surface area contributed by atoms with Crippen molar-refractivity contribution in [2.45, 2.75) is 6.92 Å². The maximum absolute atomic E-state index is 13.0. The quantitative estimate of drug-likeness (QED) is 0.596. The summed E-state index contributed by atoms with van der Waals surface area (Å²) in [5, 5.41) is 0. The number of thiocarbonyl (C=S) groups is 1. The van der Waals surface area contributed by atoms with E-state index in [9.17, 15) is 9.18 Å². The number of hydrogen-bond donors (Lipinski definition) is 0. The minimum absolute atomic E-state index is 0.179. The van der Waals surface area contributed by atoms with Gasteiger partial charge in [0.15, 0.2) is 4.32 Å². The molecule has 2 nitrogen and oxygen atoms in total. The average Bonchev–Trinajstić information content (AvgIpc) is 2.77. The van der Waals surface area contributed by atoms with Crippen molar-refractivity contribution in [2.24, 2.45) is 0 Å². The zero-order chi connectivity index (χ0) is 15.7. The third-order valence-corrected chi connectivity index (χ3v) is 4.56. The minimum atomic E-state index is -0.343. The molecule has 2 aromatic rings. The van der Waals surface area contributed by atoms with Crippen LogP contribution in [0.5, 0.6) is 0 Å². The Labute approximate surface area is 137 Å². The third-order valence-electron chi connectivity index (χ3n) is 3.25. The zero-order valence-corrected chi connectivity index (χ0v) is 13.4. The highest BCUT2D eigenvalue weighted by atomic mass is 32.2. The molecule has 1 aliphatic rings. The van der Waals surface area contributed by atoms with Gasteiger partial charge >= 0.3 is 0 Å². The Kier molecular flexibility index (Phi) is 4.09. The second-order valence-corrected chi connectivity index (χ2v) is 6.58. The summed E-state index contributed by atoms with van der Waals surface area (Å²) < 4.78 is 13.5. The van der Waals surface area contributed by atoms with Crippen molar-refractivity contribution in [1.82, 2.24) is 0 Å². The molecule has 0 spiro atoms. The Hall–Kier alpha value is -1.98. The van der Waals surface area contributed by atoms with Crippen LogP contribution in [0.2, 0.25) is 0 Å². The second kappa shape index (κ2) is 6.02. The van der Waals surface area contributed by atoms with Crippen molar-refractivity contribution in [3.63, 3.8) is 0 Å². The molecular formula is C17H12FNOS2. The van der Waals surface area contributed by atoms with Crippen molar-refractivity contribution >= 4 is 46.0 Å². The molecule has 0 N–H and O–H groups in total. The van der Waals surface area contributed by atoms with E-state index in [1.807, 2.05) is 37.3 Å². The number of carbonyl (C=O) groups excluding carboxylic acids is 1. The van der Waals surface area contributed by atoms with Gasteiger partial charge in [0.2, 0.25) is 0 Å². The molecule has 1 amide bonds. The fraction of sp³-hybridized carbons (Fsp3) is 0.0588. The van der Waals surface area contributed by atoms with E-state index in [0.29, 0.717) is 14.9 Å². The van der Waals surface area contributed by atoms with Crippen LogP contribution in [-0.2, 0) is 4.79 Å². The first-order valence-electron chi connectivity index (χ1n) is 6.65. The molecular weight excluding hydrogens is 317 g/mol. The van der Waals surface area contributed by atoms with Crippen LogP contribution >= 0.6 is 24.0 Å². The minimum Gasteiger partial charge on any atom is -0.268 e. The van der Waals surface area contributed by atoms with E-state index < -0.39 is 0 Å². The molecule has 0 unspecified atom stereocenters. The van der Waals surface area contributed by atoms with E-state index in [2.05, 4.69) is 0 Å². The Balaban J connectivity index is 1.91. The largest absolute Gasteiger partial charge is 0.270 e. The zero-order valence-electron chi connectivity index (χ0n) is 11.7. The molecule has 1 aliphatic heterocycles. The number of amides is 1. The van der Waals surface area contributed by atoms with Gasteiger partial charge in [0.05, 0.1) is 10.6 Å². The predicted octanol–water partition coefficient (Wildman–Crippen LogP) is 4.54. The average molecular weight is 329 g/mol. The van der Waals surface area contributed by atoms with Crippen LogP contribution in [0.1, 0.15) is 11.1 Å². The highest BCUT2D eigenvalue weighted by Gasteiger charge is 2.33. The van der Waals surface area contributed by atoms with Crippen molar-refractivity contribution in [1.29, 1.82) is 0 Å². The molecule has 2 aromatic carbocycles. The summed E-state index contributed by atoms with van der Waals surface area (Å²) in [6.45, 7) is 2.01. The highest BCUT2D eigenvalue weighted by molar-refractivity contribution is 8.27. The third kappa shape index (κ3) is 2.96. The lowest BCUT2D eigenvalue weighted by molar-refractivity contribution is -0.113. The van der Waals surface area contributed by atoms with Gasteiger partial charge in [-0.1, -0.05) is 53.8 Å². The number of carbonyl (C=O) groups is 1. The number of benzene rings is 2. The summed E-state index contributed by atoms with van der Waals surface area (Å²) in [6, 6.07) is 13.6. The lowest BCUT2D eigenvalue weighted by Crippen LogP contribution is -2.27. The number of aryl methyl sites for hydroxylation is 1. The van der Waals surface area contributed by atoms with Gasteiger partial charge in [-0.2, -0.15) is 0 Å². The molecule has 0 atom stereocenters. The second-order valence-electron chi connectivity index (χ2n) is 4.90. The SMILES string of the molecule is Cc1ccc(C=C2SC(=S)N(c3ccc(F)cc3)C2=O)cc1. The monoisotopic (exact) mass is 329 g/mol. The van der Waals surface area contributed by atoms with E-state index >= 15 is 0 Å². The van der Waals surface area contributed by atoms with Crippen LogP contribution in [0, 0.1) is 12.7 Å². The normalized spacial score (nSPS) is 16.6. The Bertz CT molecular complexity index is 766. The van der Waals surface area contributed by atoms with Crippen molar-refractivity contribution in [2.75, 3.05) is 4.90 Å². The lowest BCUT2D eigenvalue weighted by atomic mass is 10.1. The molecule has 0 bridgehead atoms. The summed E-state index contributed by atoms with van der Waals surface area (Å²) in [7, 11) is 0. The smallest absolute Gasteiger partial charge is 0.268 e. The van der Waals surface area contributed by atoms with Gasteiger partial charge in [0, 0.05) is 0 Å². The van der Waals surface area contributed by atoms with E-state index in [-0.39, 0.29) is 11.7 Å². The van der Waals surface area contributed by atoms with Crippen LogP contribution in [0.25, 0.3) is 6.08 Å². The maximum atomic E-state index is 13.0. The van der Waals surface area contributed by atoms with Crippen LogP contribution in [0.4, 0.5) is 10.1 Å². The van der Waals surface area contributed by atoms with E-state index in [0.717, 1.165) is 11.1 Å². The van der Waals surface area contributed by atoms with Crippen molar-refractivity contribution in [3.05, 3.63) is 70.4 Å². The molecule has 0 saturated carbocycles. The van der Waals surface area contributed by atoms with Gasteiger partial charge in [-0.3, -0.25) is 9.69 Å². The molecule has 0 aliphatic carbocycles. The van der Waals surface area contributed by atoms with E-state index in [4.69, 9.17) is 12.2 Å². The highest BCUT2D eigenvalue weighted by Crippen LogP contribution is 2.35. The number of hydrogen-bond acceptors (Lipinski definition) is 3. The van der Waals surface area contributed by atoms with E-state index in [1.54, 1.807) is 12.1 Å². The fourth-order valence-corrected chi connectivity index (χ4v) is 3.39. The van der Waals surface area contributed by atoms with Gasteiger partial charge in [-0.05, 0) is 42.8 Å². The molecule has 1 saturated heterocycles. The Morgan fingerprint density at radius 3 is 2.36 bits per heavy atom.